The predicted molar refractivity (Wildman–Crippen MR) is 68.4 cm³/mol. The number of furan rings is 1. The molecule has 17 heavy (non-hydrogen) atoms. The Morgan fingerprint density at radius 2 is 1.94 bits per heavy atom. The van der Waals surface area contributed by atoms with Gasteiger partial charge in [0.15, 0.2) is 0 Å². The maximum atomic E-state index is 9.96. The highest BCUT2D eigenvalue weighted by molar-refractivity contribution is 5.41. The van der Waals surface area contributed by atoms with Gasteiger partial charge in [-0.05, 0) is 38.5 Å². The molecule has 2 heteroatoms. The van der Waals surface area contributed by atoms with Crippen LogP contribution in [0.1, 0.15) is 41.9 Å². The number of benzene rings is 1. The van der Waals surface area contributed by atoms with E-state index in [0.29, 0.717) is 5.75 Å². The molecule has 1 aromatic heterocycles. The second-order valence-corrected chi connectivity index (χ2v) is 4.47. The lowest BCUT2D eigenvalue weighted by Crippen LogP contribution is -1.99. The van der Waals surface area contributed by atoms with Gasteiger partial charge in [-0.1, -0.05) is 24.6 Å². The van der Waals surface area contributed by atoms with Gasteiger partial charge >= 0.3 is 0 Å². The monoisotopic (exact) mass is 230 g/mol. The van der Waals surface area contributed by atoms with E-state index in [1.54, 1.807) is 6.07 Å². The fourth-order valence-electron chi connectivity index (χ4n) is 2.17. The van der Waals surface area contributed by atoms with Crippen LogP contribution in [0.2, 0.25) is 0 Å². The summed E-state index contributed by atoms with van der Waals surface area (Å²) < 4.78 is 5.67. The molecule has 2 rings (SSSR count). The van der Waals surface area contributed by atoms with Gasteiger partial charge in [0.2, 0.25) is 0 Å². The Morgan fingerprint density at radius 1 is 1.18 bits per heavy atom. The lowest BCUT2D eigenvalue weighted by atomic mass is 9.92. The number of hydrogen-bond acceptors (Lipinski definition) is 2. The number of aromatic hydroxyl groups is 1. The zero-order valence-corrected chi connectivity index (χ0v) is 10.5. The zero-order valence-electron chi connectivity index (χ0n) is 10.5. The molecule has 0 aliphatic heterocycles. The van der Waals surface area contributed by atoms with Gasteiger partial charge in [0.25, 0.3) is 0 Å². The van der Waals surface area contributed by atoms with Gasteiger partial charge in [0.05, 0.1) is 0 Å². The number of rotatable bonds is 3. The Hall–Kier alpha value is -1.70. The molecule has 2 nitrogen and oxygen atoms in total. The van der Waals surface area contributed by atoms with Crippen LogP contribution < -0.4 is 0 Å². The number of phenolic OH excluding ortho intramolecular Hbond substituents is 1. The minimum Gasteiger partial charge on any atom is -0.508 e. The van der Waals surface area contributed by atoms with Gasteiger partial charge in [0, 0.05) is 11.5 Å². The Morgan fingerprint density at radius 3 is 2.53 bits per heavy atom. The van der Waals surface area contributed by atoms with Crippen molar-refractivity contribution in [3.8, 4) is 5.75 Å². The summed E-state index contributed by atoms with van der Waals surface area (Å²) in [5.74, 6) is 2.30. The Labute approximate surface area is 102 Å². The van der Waals surface area contributed by atoms with Crippen LogP contribution in [0.5, 0.6) is 5.75 Å². The van der Waals surface area contributed by atoms with E-state index in [-0.39, 0.29) is 5.92 Å². The van der Waals surface area contributed by atoms with Crippen LogP contribution in [0.3, 0.4) is 0 Å². The zero-order chi connectivity index (χ0) is 12.4. The molecule has 0 saturated carbocycles. The molecule has 0 spiro atoms. The minimum absolute atomic E-state index is 0.128. The molecule has 1 aromatic carbocycles. The second-order valence-electron chi connectivity index (χ2n) is 4.47. The van der Waals surface area contributed by atoms with E-state index in [1.807, 2.05) is 38.1 Å². The number of hydrogen-bond donors (Lipinski definition) is 1. The topological polar surface area (TPSA) is 33.4 Å². The van der Waals surface area contributed by atoms with Crippen LogP contribution in [0.15, 0.2) is 34.7 Å². The van der Waals surface area contributed by atoms with Crippen molar-refractivity contribution in [3.63, 3.8) is 0 Å². The van der Waals surface area contributed by atoms with Crippen molar-refractivity contribution >= 4 is 0 Å². The summed E-state index contributed by atoms with van der Waals surface area (Å²) in [6.45, 7) is 6.07. The van der Waals surface area contributed by atoms with Crippen LogP contribution in [0.4, 0.5) is 0 Å². The van der Waals surface area contributed by atoms with E-state index in [0.717, 1.165) is 29.1 Å². The third kappa shape index (κ3) is 2.36. The fourth-order valence-corrected chi connectivity index (χ4v) is 2.17. The van der Waals surface area contributed by atoms with E-state index in [9.17, 15) is 5.11 Å². The minimum atomic E-state index is 0.128. The van der Waals surface area contributed by atoms with Crippen LogP contribution >= 0.6 is 0 Å². The molecule has 0 saturated heterocycles. The summed E-state index contributed by atoms with van der Waals surface area (Å²) >= 11 is 0. The van der Waals surface area contributed by atoms with Gasteiger partial charge in [-0.2, -0.15) is 0 Å². The predicted octanol–water partition coefficient (Wildman–Crippen LogP) is 4.14. The van der Waals surface area contributed by atoms with Crippen LogP contribution in [-0.2, 0) is 0 Å². The molecule has 2 aromatic rings. The van der Waals surface area contributed by atoms with Gasteiger partial charge in [0.1, 0.15) is 17.3 Å². The van der Waals surface area contributed by atoms with Gasteiger partial charge in [-0.3, -0.25) is 0 Å². The molecular weight excluding hydrogens is 212 g/mol. The summed E-state index contributed by atoms with van der Waals surface area (Å²) in [6, 6.07) is 9.65. The maximum Gasteiger partial charge on any atom is 0.119 e. The molecule has 0 aliphatic carbocycles. The fraction of sp³-hybridized carbons (Fsp3) is 0.333. The Bertz CT molecular complexity index is 511. The van der Waals surface area contributed by atoms with Crippen molar-refractivity contribution in [3.05, 3.63) is 53.0 Å². The van der Waals surface area contributed by atoms with E-state index in [2.05, 4.69) is 6.92 Å². The largest absolute Gasteiger partial charge is 0.508 e. The van der Waals surface area contributed by atoms with Crippen LogP contribution in [-0.4, -0.2) is 5.11 Å². The second kappa shape index (κ2) is 4.66. The number of aryl methyl sites for hydroxylation is 2. The molecule has 0 unspecified atom stereocenters. The smallest absolute Gasteiger partial charge is 0.119 e. The third-order valence-corrected chi connectivity index (χ3v) is 3.07. The molecule has 0 aliphatic rings. The van der Waals surface area contributed by atoms with Gasteiger partial charge in [-0.15, -0.1) is 0 Å². The SMILES string of the molecule is CC[C@H](c1ccc(C)o1)c1cc(C)ccc1O. The van der Waals surface area contributed by atoms with E-state index in [1.165, 1.54) is 0 Å². The molecule has 1 heterocycles. The van der Waals surface area contributed by atoms with Crippen molar-refractivity contribution in [2.45, 2.75) is 33.1 Å². The Kier molecular flexibility index (Phi) is 3.23. The molecule has 0 amide bonds. The van der Waals surface area contributed by atoms with Gasteiger partial charge < -0.3 is 9.52 Å². The van der Waals surface area contributed by atoms with Crippen molar-refractivity contribution in [2.24, 2.45) is 0 Å². The standard InChI is InChI=1S/C15H18O2/c1-4-12(15-8-6-11(3)17-15)13-9-10(2)5-7-14(13)16/h5-9,12,16H,4H2,1-3H3/t12-/m0/s1. The lowest BCUT2D eigenvalue weighted by molar-refractivity contribution is 0.435. The Balaban J connectivity index is 2.45. The average molecular weight is 230 g/mol. The highest BCUT2D eigenvalue weighted by atomic mass is 16.3. The van der Waals surface area contributed by atoms with Crippen molar-refractivity contribution < 1.29 is 9.52 Å². The molecule has 0 fully saturated rings. The highest BCUT2D eigenvalue weighted by Gasteiger charge is 2.18. The normalized spacial score (nSPS) is 12.6. The summed E-state index contributed by atoms with van der Waals surface area (Å²) in [7, 11) is 0. The van der Waals surface area contributed by atoms with Crippen molar-refractivity contribution in [1.82, 2.24) is 0 Å². The maximum absolute atomic E-state index is 9.96. The summed E-state index contributed by atoms with van der Waals surface area (Å²) in [5, 5.41) is 9.96. The molecule has 1 N–H and O–H groups in total. The average Bonchev–Trinajstić information content (AvgIpc) is 2.71. The first kappa shape index (κ1) is 11.8. The molecule has 0 bridgehead atoms. The quantitative estimate of drug-likeness (QED) is 0.859. The summed E-state index contributed by atoms with van der Waals surface area (Å²) in [6.07, 6.45) is 0.907. The molecule has 1 atom stereocenters. The van der Waals surface area contributed by atoms with Crippen LogP contribution in [0, 0.1) is 13.8 Å². The number of phenols is 1. The molecule has 90 valence electrons. The van der Waals surface area contributed by atoms with Crippen molar-refractivity contribution in [1.29, 1.82) is 0 Å². The first-order chi connectivity index (χ1) is 8.11. The third-order valence-electron chi connectivity index (χ3n) is 3.07. The van der Waals surface area contributed by atoms with Gasteiger partial charge in [-0.25, -0.2) is 0 Å². The molecular formula is C15H18O2. The van der Waals surface area contributed by atoms with Crippen molar-refractivity contribution in [2.75, 3.05) is 0 Å². The lowest BCUT2D eigenvalue weighted by Gasteiger charge is -2.15. The van der Waals surface area contributed by atoms with E-state index >= 15 is 0 Å². The highest BCUT2D eigenvalue weighted by Crippen LogP contribution is 2.35. The summed E-state index contributed by atoms with van der Waals surface area (Å²) in [4.78, 5) is 0. The first-order valence-electron chi connectivity index (χ1n) is 5.97. The van der Waals surface area contributed by atoms with Crippen LogP contribution in [0.25, 0.3) is 0 Å². The summed E-state index contributed by atoms with van der Waals surface area (Å²) in [5.41, 5.74) is 2.10. The van der Waals surface area contributed by atoms with E-state index in [4.69, 9.17) is 4.42 Å². The first-order valence-corrected chi connectivity index (χ1v) is 5.97. The molecule has 0 radical (unpaired) electrons. The van der Waals surface area contributed by atoms with E-state index < -0.39 is 0 Å².